The van der Waals surface area contributed by atoms with E-state index in [1.807, 2.05) is 14.0 Å². The molecule has 0 aromatic heterocycles. The van der Waals surface area contributed by atoms with Gasteiger partial charge in [-0.2, -0.15) is 0 Å². The molecule has 0 fully saturated rings. The summed E-state index contributed by atoms with van der Waals surface area (Å²) < 4.78 is 5.35. The Bertz CT molecular complexity index is 911. The van der Waals surface area contributed by atoms with Crippen molar-refractivity contribution in [3.8, 4) is 0 Å². The van der Waals surface area contributed by atoms with Gasteiger partial charge in [0.2, 0.25) is 0 Å². The van der Waals surface area contributed by atoms with Crippen molar-refractivity contribution in [3.05, 3.63) is 57.0 Å². The molecular formula is C26H35N4O5Rb3. The number of allylic oxidation sites excluding steroid dienone is 2. The van der Waals surface area contributed by atoms with Crippen molar-refractivity contribution in [2.75, 3.05) is 33.4 Å². The number of ether oxygens (including phenoxy) is 1. The SMILES string of the molecule is CCCC(=O)[N-]CCCOCC[N-]C(=O)CC(=O)[N-]c1ccc(C(=O)C2=C(NC)CCCC2)cc1.[Rb+].[Rb+].[Rb+]. The van der Waals surface area contributed by atoms with E-state index in [4.69, 9.17) is 4.74 Å². The number of nitrogens with zero attached hydrogens (tertiary/aromatic N) is 3. The van der Waals surface area contributed by atoms with E-state index in [2.05, 4.69) is 21.3 Å². The van der Waals surface area contributed by atoms with E-state index < -0.39 is 18.2 Å². The molecule has 1 aliphatic rings. The number of hydrogen-bond donors (Lipinski definition) is 1. The molecule has 9 nitrogen and oxygen atoms in total. The van der Waals surface area contributed by atoms with Crippen molar-refractivity contribution in [1.29, 1.82) is 0 Å². The molecule has 0 spiro atoms. The quantitative estimate of drug-likeness (QED) is 0.111. The molecule has 0 bridgehead atoms. The van der Waals surface area contributed by atoms with Crippen LogP contribution in [0.5, 0.6) is 0 Å². The van der Waals surface area contributed by atoms with Gasteiger partial charge < -0.3 is 40.4 Å². The molecule has 0 aliphatic heterocycles. The van der Waals surface area contributed by atoms with Crippen LogP contribution in [0.2, 0.25) is 0 Å². The van der Waals surface area contributed by atoms with Gasteiger partial charge in [0.05, 0.1) is 17.7 Å². The molecule has 0 heterocycles. The normalized spacial score (nSPS) is 12.2. The van der Waals surface area contributed by atoms with Crippen LogP contribution in [0.3, 0.4) is 0 Å². The summed E-state index contributed by atoms with van der Waals surface area (Å²) in [5.74, 6) is -1.25. The van der Waals surface area contributed by atoms with Crippen LogP contribution < -0.4 is 180 Å². The van der Waals surface area contributed by atoms with Gasteiger partial charge in [0.15, 0.2) is 5.78 Å². The van der Waals surface area contributed by atoms with E-state index in [0.717, 1.165) is 43.4 Å². The van der Waals surface area contributed by atoms with Crippen LogP contribution in [0.1, 0.15) is 68.6 Å². The van der Waals surface area contributed by atoms with Crippen LogP contribution in [-0.4, -0.2) is 56.9 Å². The predicted molar refractivity (Wildman–Crippen MR) is 135 cm³/mol. The summed E-state index contributed by atoms with van der Waals surface area (Å²) in [6.45, 7) is 3.18. The number of benzene rings is 1. The Morgan fingerprint density at radius 3 is 2.18 bits per heavy atom. The van der Waals surface area contributed by atoms with E-state index in [1.54, 1.807) is 24.3 Å². The monoisotopic (exact) mass is 738 g/mol. The third kappa shape index (κ3) is 17.4. The molecule has 0 unspecified atom stereocenters. The van der Waals surface area contributed by atoms with Gasteiger partial charge in [-0.3, -0.25) is 4.79 Å². The Morgan fingerprint density at radius 2 is 1.53 bits per heavy atom. The summed E-state index contributed by atoms with van der Waals surface area (Å²) in [5.41, 5.74) is 2.74. The van der Waals surface area contributed by atoms with Gasteiger partial charge >= 0.3 is 175 Å². The topological polar surface area (TPSA) is 132 Å². The van der Waals surface area contributed by atoms with E-state index >= 15 is 0 Å². The molecule has 1 aromatic carbocycles. The number of Topliss-reactive ketones (excluding diaryl/α,β-unsaturated/α-hetero) is 1. The molecule has 1 aromatic rings. The molecule has 0 atom stereocenters. The second kappa shape index (κ2) is 25.7. The third-order valence-electron chi connectivity index (χ3n) is 5.45. The van der Waals surface area contributed by atoms with E-state index in [9.17, 15) is 19.2 Å². The molecule has 2 rings (SSSR count). The Labute approximate surface area is 373 Å². The van der Waals surface area contributed by atoms with Crippen molar-refractivity contribution in [2.45, 2.75) is 58.3 Å². The van der Waals surface area contributed by atoms with Gasteiger partial charge in [0.1, 0.15) is 0 Å². The Morgan fingerprint density at radius 1 is 0.868 bits per heavy atom. The van der Waals surface area contributed by atoms with Crippen molar-refractivity contribution < 1.29 is 198 Å². The fraction of sp³-hybridized carbons (Fsp3) is 0.538. The first-order valence-corrected chi connectivity index (χ1v) is 12.2. The van der Waals surface area contributed by atoms with Crippen LogP contribution in [-0.2, 0) is 19.1 Å². The van der Waals surface area contributed by atoms with Crippen LogP contribution >= 0.6 is 0 Å². The summed E-state index contributed by atoms with van der Waals surface area (Å²) in [5, 5.41) is 14.8. The standard InChI is InChI=1S/C26H38N4O5.3Rb/c1-3-7-23(31)28-14-6-16-35-17-15-29-24(32)18-25(33)30-20-12-10-19(11-13-20)26(34)21-8-4-5-9-22(21)27-2;;;/h10-13H,3-9,14-18H2,1-2H3,(H4,27,28,29,30,31,32,33,34);;;/q;3*+1/p-3. The summed E-state index contributed by atoms with van der Waals surface area (Å²) >= 11 is 0. The fourth-order valence-electron chi connectivity index (χ4n) is 3.66. The smallest absolute Gasteiger partial charge is 0.653 e. The number of hydrogen-bond acceptors (Lipinski definition) is 6. The van der Waals surface area contributed by atoms with Crippen LogP contribution in [0, 0.1) is 0 Å². The Balaban J connectivity index is 0. The number of carbonyl (C=O) groups is 4. The maximum atomic E-state index is 12.8. The number of carbonyl (C=O) groups excluding carboxylic acids is 4. The Kier molecular flexibility index (Phi) is 28.6. The molecule has 192 valence electrons. The first-order chi connectivity index (χ1) is 16.9. The number of ketones is 1. The summed E-state index contributed by atoms with van der Waals surface area (Å²) in [6.07, 6.45) is 5.16. The molecule has 12 heteroatoms. The second-order valence-corrected chi connectivity index (χ2v) is 8.24. The Hall–Kier alpha value is 2.22. The molecule has 0 saturated heterocycles. The van der Waals surface area contributed by atoms with Gasteiger partial charge in [-0.1, -0.05) is 37.6 Å². The number of nitrogens with one attached hydrogen (secondary N) is 1. The van der Waals surface area contributed by atoms with Crippen molar-refractivity contribution >= 4 is 29.2 Å². The number of amides is 3. The molecule has 1 N–H and O–H groups in total. The molecule has 0 saturated carbocycles. The molecule has 38 heavy (non-hydrogen) atoms. The second-order valence-electron chi connectivity index (χ2n) is 8.24. The zero-order valence-electron chi connectivity index (χ0n) is 23.7. The van der Waals surface area contributed by atoms with E-state index in [1.165, 1.54) is 0 Å². The largest absolute Gasteiger partial charge is 1.00 e. The number of rotatable bonds is 15. The molecule has 1 aliphatic carbocycles. The average Bonchev–Trinajstić information content (AvgIpc) is 2.85. The first kappa shape index (κ1) is 42.3. The van der Waals surface area contributed by atoms with Gasteiger partial charge in [0, 0.05) is 43.5 Å². The van der Waals surface area contributed by atoms with E-state index in [-0.39, 0.29) is 199 Å². The molecule has 0 radical (unpaired) electrons. The minimum atomic E-state index is -0.593. The maximum absolute atomic E-state index is 12.8. The van der Waals surface area contributed by atoms with Gasteiger partial charge in [-0.25, -0.2) is 0 Å². The van der Waals surface area contributed by atoms with Crippen LogP contribution in [0.4, 0.5) is 5.69 Å². The zero-order valence-corrected chi connectivity index (χ0v) is 38.4. The minimum absolute atomic E-state index is 0. The summed E-state index contributed by atoms with van der Waals surface area (Å²) in [7, 11) is 1.83. The zero-order chi connectivity index (χ0) is 25.5. The molecule has 3 amide bonds. The van der Waals surface area contributed by atoms with Crippen LogP contribution in [0.15, 0.2) is 35.5 Å². The van der Waals surface area contributed by atoms with Gasteiger partial charge in [-0.15, -0.1) is 18.8 Å². The van der Waals surface area contributed by atoms with Crippen molar-refractivity contribution in [1.82, 2.24) is 5.32 Å². The first-order valence-electron chi connectivity index (χ1n) is 12.2. The summed E-state index contributed by atoms with van der Waals surface area (Å²) in [4.78, 5) is 48.0. The van der Waals surface area contributed by atoms with Crippen LogP contribution in [0.25, 0.3) is 16.0 Å². The maximum Gasteiger partial charge on any atom is 1.00 e. The molecular weight excluding hydrogens is 705 g/mol. The third-order valence-corrected chi connectivity index (χ3v) is 5.45. The van der Waals surface area contributed by atoms with E-state index in [0.29, 0.717) is 37.2 Å². The average molecular weight is 740 g/mol. The van der Waals surface area contributed by atoms with Crippen molar-refractivity contribution in [2.24, 2.45) is 0 Å². The van der Waals surface area contributed by atoms with Gasteiger partial charge in [0.25, 0.3) is 0 Å². The minimum Gasteiger partial charge on any atom is -0.653 e. The fourth-order valence-corrected chi connectivity index (χ4v) is 3.66. The predicted octanol–water partition coefficient (Wildman–Crippen LogP) is -4.14. The van der Waals surface area contributed by atoms with Gasteiger partial charge in [-0.05, 0) is 38.5 Å². The van der Waals surface area contributed by atoms with Crippen molar-refractivity contribution in [3.63, 3.8) is 0 Å². The summed E-state index contributed by atoms with van der Waals surface area (Å²) in [6, 6.07) is 6.51.